The van der Waals surface area contributed by atoms with Crippen LogP contribution < -0.4 is 9.64 Å². The highest BCUT2D eigenvalue weighted by molar-refractivity contribution is 6.32. The van der Waals surface area contributed by atoms with E-state index in [0.29, 0.717) is 10.8 Å². The molecule has 1 amide bonds. The number of hydrogen-bond donors (Lipinski definition) is 0. The Balaban J connectivity index is 1.71. The Morgan fingerprint density at radius 3 is 2.15 bits per heavy atom. The molecule has 0 unspecified atom stereocenters. The minimum atomic E-state index is -0.112. The average Bonchev–Trinajstić information content (AvgIpc) is 2.68. The van der Waals surface area contributed by atoms with Crippen molar-refractivity contribution in [3.05, 3.63) is 83.9 Å². The van der Waals surface area contributed by atoms with Gasteiger partial charge in [0.2, 0.25) is 0 Å². The van der Waals surface area contributed by atoms with Crippen molar-refractivity contribution in [2.24, 2.45) is 0 Å². The van der Waals surface area contributed by atoms with E-state index >= 15 is 0 Å². The topological polar surface area (TPSA) is 29.5 Å². The molecule has 3 aromatic carbocycles. The van der Waals surface area contributed by atoms with Gasteiger partial charge in [-0.15, -0.1) is 0 Å². The summed E-state index contributed by atoms with van der Waals surface area (Å²) in [6.45, 7) is 3.89. The standard InChI is InChI=1S/C23H22ClNO2/c1-17(2)25(20-11-7-4-8-12-20)23(26)16-27-22-14-13-19(15-21(22)24)18-9-5-3-6-10-18/h3-15,17H,16H2,1-2H3. The van der Waals surface area contributed by atoms with Crippen molar-refractivity contribution in [2.45, 2.75) is 19.9 Å². The maximum Gasteiger partial charge on any atom is 0.265 e. The third kappa shape index (κ3) is 4.69. The third-order valence-electron chi connectivity index (χ3n) is 4.21. The third-order valence-corrected chi connectivity index (χ3v) is 4.50. The quantitative estimate of drug-likeness (QED) is 0.539. The van der Waals surface area contributed by atoms with Gasteiger partial charge in [0.1, 0.15) is 5.75 Å². The van der Waals surface area contributed by atoms with E-state index in [1.165, 1.54) is 0 Å². The van der Waals surface area contributed by atoms with Gasteiger partial charge < -0.3 is 9.64 Å². The second-order valence-electron chi connectivity index (χ2n) is 6.49. The summed E-state index contributed by atoms with van der Waals surface area (Å²) < 4.78 is 5.72. The van der Waals surface area contributed by atoms with Crippen molar-refractivity contribution in [1.82, 2.24) is 0 Å². The summed E-state index contributed by atoms with van der Waals surface area (Å²) >= 11 is 6.37. The van der Waals surface area contributed by atoms with E-state index in [9.17, 15) is 4.79 Å². The normalized spacial score (nSPS) is 10.7. The molecule has 3 aromatic rings. The summed E-state index contributed by atoms with van der Waals surface area (Å²) in [4.78, 5) is 14.4. The lowest BCUT2D eigenvalue weighted by atomic mass is 10.1. The van der Waals surface area contributed by atoms with Crippen molar-refractivity contribution < 1.29 is 9.53 Å². The highest BCUT2D eigenvalue weighted by Crippen LogP contribution is 2.30. The van der Waals surface area contributed by atoms with Crippen LogP contribution in [0.15, 0.2) is 78.9 Å². The molecule has 0 saturated heterocycles. The molecular formula is C23H22ClNO2. The van der Waals surface area contributed by atoms with Crippen LogP contribution in [0.2, 0.25) is 5.02 Å². The Morgan fingerprint density at radius 2 is 1.56 bits per heavy atom. The Morgan fingerprint density at radius 1 is 0.926 bits per heavy atom. The van der Waals surface area contributed by atoms with Crippen molar-refractivity contribution in [1.29, 1.82) is 0 Å². The van der Waals surface area contributed by atoms with Gasteiger partial charge in [-0.2, -0.15) is 0 Å². The smallest absolute Gasteiger partial charge is 0.265 e. The SMILES string of the molecule is CC(C)N(C(=O)COc1ccc(-c2ccccc2)cc1Cl)c1ccccc1. The summed E-state index contributed by atoms with van der Waals surface area (Å²) in [6.07, 6.45) is 0. The lowest BCUT2D eigenvalue weighted by molar-refractivity contribution is -0.120. The summed E-state index contributed by atoms with van der Waals surface area (Å²) in [5.41, 5.74) is 2.94. The maximum absolute atomic E-state index is 12.7. The molecule has 4 heteroatoms. The molecule has 138 valence electrons. The summed E-state index contributed by atoms with van der Waals surface area (Å²) in [5.74, 6) is 0.390. The van der Waals surface area contributed by atoms with Crippen LogP contribution in [0.25, 0.3) is 11.1 Å². The first-order valence-electron chi connectivity index (χ1n) is 8.91. The molecule has 3 nitrogen and oxygen atoms in total. The molecular weight excluding hydrogens is 358 g/mol. The van der Waals surface area contributed by atoms with Gasteiger partial charge >= 0.3 is 0 Å². The second kappa shape index (κ2) is 8.74. The van der Waals surface area contributed by atoms with E-state index < -0.39 is 0 Å². The monoisotopic (exact) mass is 379 g/mol. The van der Waals surface area contributed by atoms with Crippen LogP contribution in [0.5, 0.6) is 5.75 Å². The molecule has 0 saturated carbocycles. The maximum atomic E-state index is 12.7. The van der Waals surface area contributed by atoms with E-state index in [-0.39, 0.29) is 18.6 Å². The molecule has 0 aliphatic heterocycles. The first kappa shape index (κ1) is 19.0. The molecule has 3 rings (SSSR count). The number of halogens is 1. The molecule has 0 aliphatic carbocycles. The number of hydrogen-bond acceptors (Lipinski definition) is 2. The first-order valence-corrected chi connectivity index (χ1v) is 9.29. The zero-order chi connectivity index (χ0) is 19.2. The number of carbonyl (C=O) groups is 1. The highest BCUT2D eigenvalue weighted by atomic mass is 35.5. The molecule has 0 N–H and O–H groups in total. The van der Waals surface area contributed by atoms with Crippen molar-refractivity contribution in [2.75, 3.05) is 11.5 Å². The summed E-state index contributed by atoms with van der Waals surface area (Å²) in [7, 11) is 0. The number of anilines is 1. The van der Waals surface area contributed by atoms with Gasteiger partial charge in [0.05, 0.1) is 5.02 Å². The van der Waals surface area contributed by atoms with Crippen LogP contribution in [0, 0.1) is 0 Å². The van der Waals surface area contributed by atoms with Gasteiger partial charge in [-0.1, -0.05) is 66.2 Å². The fourth-order valence-corrected chi connectivity index (χ4v) is 3.19. The first-order chi connectivity index (χ1) is 13.1. The van der Waals surface area contributed by atoms with Crippen LogP contribution in [-0.2, 0) is 4.79 Å². The van der Waals surface area contributed by atoms with Crippen LogP contribution in [0.3, 0.4) is 0 Å². The number of carbonyl (C=O) groups excluding carboxylic acids is 1. The number of benzene rings is 3. The van der Waals surface area contributed by atoms with Gasteiger partial charge in [0, 0.05) is 11.7 Å². The van der Waals surface area contributed by atoms with Crippen molar-refractivity contribution in [3.8, 4) is 16.9 Å². The average molecular weight is 380 g/mol. The van der Waals surface area contributed by atoms with Gasteiger partial charge in [-0.3, -0.25) is 4.79 Å². The summed E-state index contributed by atoms with van der Waals surface area (Å²) in [5, 5.41) is 0.486. The van der Waals surface area contributed by atoms with Gasteiger partial charge in [0.25, 0.3) is 5.91 Å². The van der Waals surface area contributed by atoms with Crippen molar-refractivity contribution >= 4 is 23.2 Å². The van der Waals surface area contributed by atoms with E-state index in [0.717, 1.165) is 16.8 Å². The van der Waals surface area contributed by atoms with Gasteiger partial charge in [-0.05, 0) is 49.2 Å². The number of nitrogens with zero attached hydrogens (tertiary/aromatic N) is 1. The highest BCUT2D eigenvalue weighted by Gasteiger charge is 2.19. The van der Waals surface area contributed by atoms with Crippen molar-refractivity contribution in [3.63, 3.8) is 0 Å². The van der Waals surface area contributed by atoms with Crippen LogP contribution in [0.1, 0.15) is 13.8 Å². The minimum Gasteiger partial charge on any atom is -0.482 e. The molecule has 0 bridgehead atoms. The molecule has 27 heavy (non-hydrogen) atoms. The molecule has 0 fully saturated rings. The van der Waals surface area contributed by atoms with E-state index in [4.69, 9.17) is 16.3 Å². The number of amides is 1. The van der Waals surface area contributed by atoms with Gasteiger partial charge in [0.15, 0.2) is 6.61 Å². The molecule has 0 aromatic heterocycles. The Bertz CT molecular complexity index is 895. The predicted molar refractivity (Wildman–Crippen MR) is 111 cm³/mol. The zero-order valence-electron chi connectivity index (χ0n) is 15.4. The Labute approximate surface area is 165 Å². The fraction of sp³-hybridized carbons (Fsp3) is 0.174. The Kier molecular flexibility index (Phi) is 6.15. The molecule has 0 radical (unpaired) electrons. The lowest BCUT2D eigenvalue weighted by Crippen LogP contribution is -2.40. The number of para-hydroxylation sites is 1. The molecule has 0 aliphatic rings. The largest absolute Gasteiger partial charge is 0.482 e. The second-order valence-corrected chi connectivity index (χ2v) is 6.90. The van der Waals surface area contributed by atoms with E-state index in [1.807, 2.05) is 86.6 Å². The molecule has 0 heterocycles. The van der Waals surface area contributed by atoms with Crippen LogP contribution in [0.4, 0.5) is 5.69 Å². The zero-order valence-corrected chi connectivity index (χ0v) is 16.2. The van der Waals surface area contributed by atoms with Crippen LogP contribution in [-0.4, -0.2) is 18.6 Å². The Hall–Kier alpha value is -2.78. The van der Waals surface area contributed by atoms with Crippen LogP contribution >= 0.6 is 11.6 Å². The number of rotatable bonds is 6. The van der Waals surface area contributed by atoms with E-state index in [1.54, 1.807) is 11.0 Å². The molecule has 0 spiro atoms. The summed E-state index contributed by atoms with van der Waals surface area (Å²) in [6, 6.07) is 25.2. The van der Waals surface area contributed by atoms with E-state index in [2.05, 4.69) is 0 Å². The molecule has 0 atom stereocenters. The lowest BCUT2D eigenvalue weighted by Gasteiger charge is -2.27. The fourth-order valence-electron chi connectivity index (χ4n) is 2.96. The van der Waals surface area contributed by atoms with Gasteiger partial charge in [-0.25, -0.2) is 0 Å². The number of ether oxygens (including phenoxy) is 1. The minimum absolute atomic E-state index is 0.0272. The predicted octanol–water partition coefficient (Wildman–Crippen LogP) is 5.83.